The molecule has 0 amide bonds. The molecular weight excluding hydrogens is 507 g/mol. The van der Waals surface area contributed by atoms with Crippen molar-refractivity contribution in [1.29, 1.82) is 0 Å². The molecule has 152 valence electrons. The van der Waals surface area contributed by atoms with Crippen molar-refractivity contribution >= 4 is 51.0 Å². The fourth-order valence-corrected chi connectivity index (χ4v) is 4.84. The smallest absolute Gasteiger partial charge is 0.0740 e. The van der Waals surface area contributed by atoms with Crippen LogP contribution >= 0.6 is 22.6 Å². The summed E-state index contributed by atoms with van der Waals surface area (Å²) in [6.07, 6.45) is 20.2. The summed E-state index contributed by atoms with van der Waals surface area (Å²) in [4.78, 5) is 19.3. The molecule has 5 aliphatic rings. The minimum Gasteiger partial charge on any atom is -0.249 e. The number of benzene rings is 1. The Hall–Kier alpha value is -3.45. The molecule has 32 heavy (non-hydrogen) atoms. The van der Waals surface area contributed by atoms with Crippen LogP contribution in [-0.4, -0.2) is 27.3 Å². The number of fused-ring (bicyclic) bond motifs is 4. The normalized spacial score (nSPS) is 20.5. The molecule has 1 aromatic carbocycles. The Labute approximate surface area is 199 Å². The summed E-state index contributed by atoms with van der Waals surface area (Å²) in [7, 11) is 0. The predicted octanol–water partition coefficient (Wildman–Crippen LogP) is 5.91. The molecule has 0 N–H and O–H groups in total. The van der Waals surface area contributed by atoms with Crippen LogP contribution < -0.4 is 0 Å². The number of halogens is 1. The lowest BCUT2D eigenvalue weighted by Crippen LogP contribution is -1.99. The number of rotatable bonds is 2. The van der Waals surface area contributed by atoms with Gasteiger partial charge in [0.15, 0.2) is 0 Å². The summed E-state index contributed by atoms with van der Waals surface area (Å²) in [6.45, 7) is 0. The lowest BCUT2D eigenvalue weighted by molar-refractivity contribution is 1.35. The van der Waals surface area contributed by atoms with Crippen molar-refractivity contribution in [2.24, 2.45) is 20.0 Å². The van der Waals surface area contributed by atoms with Gasteiger partial charge in [0.1, 0.15) is 0 Å². The zero-order valence-corrected chi connectivity index (χ0v) is 19.2. The highest BCUT2D eigenvalue weighted by atomic mass is 127. The second-order valence-corrected chi connectivity index (χ2v) is 8.46. The number of alkyl halides is 1. The van der Waals surface area contributed by atoms with Gasteiger partial charge in [-0.25, -0.2) is 20.0 Å². The van der Waals surface area contributed by atoms with Crippen LogP contribution in [0.1, 0.15) is 5.56 Å². The highest BCUT2D eigenvalue weighted by Gasteiger charge is 2.24. The Morgan fingerprint density at radius 1 is 0.594 bits per heavy atom. The lowest BCUT2D eigenvalue weighted by atomic mass is 9.96. The molecule has 5 heterocycles. The van der Waals surface area contributed by atoms with Gasteiger partial charge in [-0.1, -0.05) is 52.9 Å². The van der Waals surface area contributed by atoms with Crippen molar-refractivity contribution in [2.75, 3.05) is 4.43 Å². The zero-order valence-electron chi connectivity index (χ0n) is 17.0. The number of aliphatic imine (C=N–C) groups is 4. The Bertz CT molecular complexity index is 1410. The van der Waals surface area contributed by atoms with Crippen molar-refractivity contribution in [1.82, 2.24) is 0 Å². The van der Waals surface area contributed by atoms with Gasteiger partial charge in [-0.15, -0.1) is 0 Å². The quantitative estimate of drug-likeness (QED) is 0.341. The molecule has 6 rings (SSSR count). The van der Waals surface area contributed by atoms with Crippen molar-refractivity contribution in [3.63, 3.8) is 0 Å². The summed E-state index contributed by atoms with van der Waals surface area (Å²) in [5, 5.41) is 0. The maximum absolute atomic E-state index is 5.04. The van der Waals surface area contributed by atoms with Crippen molar-refractivity contribution in [3.8, 4) is 0 Å². The van der Waals surface area contributed by atoms with Crippen LogP contribution in [0.4, 0.5) is 0 Å². The molecule has 0 atom stereocenters. The predicted molar refractivity (Wildman–Crippen MR) is 142 cm³/mol. The van der Waals surface area contributed by atoms with Gasteiger partial charge >= 0.3 is 0 Å². The van der Waals surface area contributed by atoms with E-state index in [2.05, 4.69) is 64.0 Å². The molecule has 5 aliphatic heterocycles. The van der Waals surface area contributed by atoms with E-state index in [0.717, 1.165) is 61.2 Å². The van der Waals surface area contributed by atoms with Crippen molar-refractivity contribution in [3.05, 3.63) is 125 Å². The number of allylic oxidation sites excluding steroid dienone is 12. The Kier molecular flexibility index (Phi) is 4.76. The lowest BCUT2D eigenvalue weighted by Gasteiger charge is -2.07. The molecule has 0 aromatic heterocycles. The molecule has 0 aliphatic carbocycles. The summed E-state index contributed by atoms with van der Waals surface area (Å²) in [5.74, 6) is 0. The van der Waals surface area contributed by atoms with E-state index in [1.165, 1.54) is 5.57 Å². The maximum atomic E-state index is 5.04. The van der Waals surface area contributed by atoms with E-state index in [1.807, 2.05) is 54.7 Å². The van der Waals surface area contributed by atoms with Gasteiger partial charge < -0.3 is 0 Å². The van der Waals surface area contributed by atoms with Gasteiger partial charge in [0.05, 0.1) is 45.6 Å². The summed E-state index contributed by atoms with van der Waals surface area (Å²) in [6, 6.07) is 10.5. The molecule has 5 heteroatoms. The van der Waals surface area contributed by atoms with E-state index in [4.69, 9.17) is 15.0 Å². The molecule has 0 saturated carbocycles. The van der Waals surface area contributed by atoms with E-state index in [1.54, 1.807) is 0 Å². The Morgan fingerprint density at radius 3 is 1.75 bits per heavy atom. The minimum absolute atomic E-state index is 0.849. The Morgan fingerprint density at radius 2 is 1.16 bits per heavy atom. The SMILES string of the molecule is ICC1=C(c2ccccc2)C2=NC1=CC1=NC(=CC3=NC(=CC4=NC(=C2)C=C4)C=C3)C=C1. The summed E-state index contributed by atoms with van der Waals surface area (Å²) in [5.41, 5.74) is 10.7. The average Bonchev–Trinajstić information content (AvgIpc) is 3.58. The van der Waals surface area contributed by atoms with Crippen molar-refractivity contribution < 1.29 is 0 Å². The fraction of sp³-hybridized carbons (Fsp3) is 0.0370. The van der Waals surface area contributed by atoms with E-state index in [0.29, 0.717) is 0 Å². The van der Waals surface area contributed by atoms with E-state index >= 15 is 0 Å². The van der Waals surface area contributed by atoms with Gasteiger partial charge in [-0.3, -0.25) is 0 Å². The molecule has 0 fully saturated rings. The van der Waals surface area contributed by atoms with Gasteiger partial charge in [0.25, 0.3) is 0 Å². The van der Waals surface area contributed by atoms with E-state index in [-0.39, 0.29) is 0 Å². The van der Waals surface area contributed by atoms with Crippen LogP contribution in [0.3, 0.4) is 0 Å². The maximum Gasteiger partial charge on any atom is 0.0740 e. The monoisotopic (exact) mass is 524 g/mol. The molecule has 0 saturated heterocycles. The first-order valence-corrected chi connectivity index (χ1v) is 11.9. The molecule has 8 bridgehead atoms. The number of hydrogen-bond acceptors (Lipinski definition) is 4. The third-order valence-electron chi connectivity index (χ3n) is 5.51. The first kappa shape index (κ1) is 19.3. The number of nitrogens with zero attached hydrogens (tertiary/aromatic N) is 4. The van der Waals surface area contributed by atoms with Crippen LogP contribution in [0.5, 0.6) is 0 Å². The van der Waals surface area contributed by atoms with E-state index < -0.39 is 0 Å². The molecule has 4 nitrogen and oxygen atoms in total. The van der Waals surface area contributed by atoms with Crippen LogP contribution in [0, 0.1) is 0 Å². The molecule has 1 aromatic rings. The second kappa shape index (κ2) is 7.91. The van der Waals surface area contributed by atoms with Crippen LogP contribution in [0.2, 0.25) is 0 Å². The van der Waals surface area contributed by atoms with E-state index in [9.17, 15) is 0 Å². The number of hydrogen-bond donors (Lipinski definition) is 0. The minimum atomic E-state index is 0.849. The van der Waals surface area contributed by atoms with Crippen LogP contribution in [0.25, 0.3) is 5.57 Å². The largest absolute Gasteiger partial charge is 0.249 e. The first-order chi connectivity index (χ1) is 15.7. The third-order valence-corrected chi connectivity index (χ3v) is 6.28. The van der Waals surface area contributed by atoms with Gasteiger partial charge in [-0.05, 0) is 71.9 Å². The average molecular weight is 524 g/mol. The van der Waals surface area contributed by atoms with Crippen LogP contribution in [0.15, 0.2) is 139 Å². The summed E-state index contributed by atoms with van der Waals surface area (Å²) >= 11 is 2.42. The Balaban J connectivity index is 1.56. The zero-order chi connectivity index (χ0) is 21.5. The second-order valence-electron chi connectivity index (χ2n) is 7.70. The fourth-order valence-electron chi connectivity index (χ4n) is 4.07. The third kappa shape index (κ3) is 3.58. The topological polar surface area (TPSA) is 49.4 Å². The van der Waals surface area contributed by atoms with Gasteiger partial charge in [0, 0.05) is 10.0 Å². The van der Waals surface area contributed by atoms with Gasteiger partial charge in [0.2, 0.25) is 0 Å². The van der Waals surface area contributed by atoms with Crippen molar-refractivity contribution in [2.45, 2.75) is 0 Å². The molecule has 0 spiro atoms. The van der Waals surface area contributed by atoms with Gasteiger partial charge in [-0.2, -0.15) is 0 Å². The molecule has 0 unspecified atom stereocenters. The standard InChI is InChI=1S/C27H17IN4/c28-16-24-25-14-22-10-8-20(30-22)12-18-6-7-19(29-18)13-21-9-11-23(31-21)15-26(32-25)27(24)17-4-2-1-3-5-17/h1-15H,16H2. The highest BCUT2D eigenvalue weighted by molar-refractivity contribution is 14.1. The molecule has 0 radical (unpaired) electrons. The van der Waals surface area contributed by atoms with Crippen LogP contribution in [-0.2, 0) is 0 Å². The molecular formula is C27H17IN4. The first-order valence-electron chi connectivity index (χ1n) is 10.4. The summed E-state index contributed by atoms with van der Waals surface area (Å²) < 4.78 is 0.849. The highest BCUT2D eigenvalue weighted by Crippen LogP contribution is 2.35.